The molecular weight excluding hydrogens is 176 g/mol. The highest BCUT2D eigenvalue weighted by atomic mass is 16.5. The van der Waals surface area contributed by atoms with Gasteiger partial charge in [-0.2, -0.15) is 0 Å². The van der Waals surface area contributed by atoms with Crippen molar-refractivity contribution in [2.45, 2.75) is 58.2 Å². The molecule has 0 amide bonds. The van der Waals surface area contributed by atoms with Gasteiger partial charge in [-0.05, 0) is 24.7 Å². The van der Waals surface area contributed by atoms with E-state index >= 15 is 0 Å². The fourth-order valence-corrected chi connectivity index (χ4v) is 2.45. The van der Waals surface area contributed by atoms with Crippen LogP contribution in [0.15, 0.2) is 0 Å². The molecule has 0 spiro atoms. The molecule has 0 radical (unpaired) electrons. The third kappa shape index (κ3) is 2.96. The lowest BCUT2D eigenvalue weighted by atomic mass is 9.81. The van der Waals surface area contributed by atoms with Gasteiger partial charge in [-0.3, -0.25) is 0 Å². The van der Waals surface area contributed by atoms with Gasteiger partial charge in [0.05, 0.1) is 12.2 Å². The minimum Gasteiger partial charge on any atom is -0.390 e. The molecule has 0 heterocycles. The third-order valence-corrected chi connectivity index (χ3v) is 3.41. The Morgan fingerprint density at radius 2 is 1.71 bits per heavy atom. The molecule has 1 fully saturated rings. The molecule has 14 heavy (non-hydrogen) atoms. The summed E-state index contributed by atoms with van der Waals surface area (Å²) in [5.74, 6) is 0.869. The van der Waals surface area contributed by atoms with Crippen LogP contribution in [0, 0.1) is 11.8 Å². The highest BCUT2D eigenvalue weighted by Crippen LogP contribution is 2.30. The van der Waals surface area contributed by atoms with E-state index in [0.717, 1.165) is 0 Å². The standard InChI is InChI=1S/C12H24O2/c1-9(2)11(13)12(14-3)10-7-5-4-6-8-10/h9-13H,4-8H2,1-3H3. The zero-order valence-electron chi connectivity index (χ0n) is 9.70. The Kier molecular flexibility index (Phi) is 4.90. The van der Waals surface area contributed by atoms with E-state index < -0.39 is 0 Å². The molecule has 84 valence electrons. The summed E-state index contributed by atoms with van der Waals surface area (Å²) in [5.41, 5.74) is 0. The van der Waals surface area contributed by atoms with Gasteiger partial charge in [0, 0.05) is 7.11 Å². The molecular formula is C12H24O2. The molecule has 2 unspecified atom stereocenters. The quantitative estimate of drug-likeness (QED) is 0.756. The summed E-state index contributed by atoms with van der Waals surface area (Å²) in [6.45, 7) is 4.11. The van der Waals surface area contributed by atoms with E-state index in [1.165, 1.54) is 32.1 Å². The molecule has 2 heteroatoms. The van der Waals surface area contributed by atoms with Crippen LogP contribution in [0.3, 0.4) is 0 Å². The van der Waals surface area contributed by atoms with Gasteiger partial charge in [-0.15, -0.1) is 0 Å². The van der Waals surface area contributed by atoms with Crippen molar-refractivity contribution >= 4 is 0 Å². The molecule has 1 aliphatic carbocycles. The Morgan fingerprint density at radius 3 is 2.14 bits per heavy atom. The van der Waals surface area contributed by atoms with Gasteiger partial charge in [0.25, 0.3) is 0 Å². The molecule has 0 bridgehead atoms. The van der Waals surface area contributed by atoms with Crippen molar-refractivity contribution in [3.8, 4) is 0 Å². The number of rotatable bonds is 4. The second-order valence-electron chi connectivity index (χ2n) is 4.83. The second-order valence-corrected chi connectivity index (χ2v) is 4.83. The summed E-state index contributed by atoms with van der Waals surface area (Å²) in [5, 5.41) is 10.0. The van der Waals surface area contributed by atoms with E-state index in [1.54, 1.807) is 7.11 Å². The summed E-state index contributed by atoms with van der Waals surface area (Å²) < 4.78 is 5.46. The predicted molar refractivity (Wildman–Crippen MR) is 58.2 cm³/mol. The van der Waals surface area contributed by atoms with Crippen LogP contribution in [0.5, 0.6) is 0 Å². The van der Waals surface area contributed by atoms with Crippen LogP contribution in [0.1, 0.15) is 46.0 Å². The monoisotopic (exact) mass is 200 g/mol. The topological polar surface area (TPSA) is 29.5 Å². The lowest BCUT2D eigenvalue weighted by molar-refractivity contribution is -0.0719. The van der Waals surface area contributed by atoms with Gasteiger partial charge in [0.1, 0.15) is 0 Å². The summed E-state index contributed by atoms with van der Waals surface area (Å²) >= 11 is 0. The molecule has 2 nitrogen and oxygen atoms in total. The number of aliphatic hydroxyl groups excluding tert-OH is 1. The van der Waals surface area contributed by atoms with Crippen LogP contribution >= 0.6 is 0 Å². The first-order valence-electron chi connectivity index (χ1n) is 5.87. The zero-order chi connectivity index (χ0) is 10.6. The van der Waals surface area contributed by atoms with Crippen molar-refractivity contribution in [1.82, 2.24) is 0 Å². The lowest BCUT2D eigenvalue weighted by Crippen LogP contribution is -2.39. The van der Waals surface area contributed by atoms with Crippen molar-refractivity contribution in [3.05, 3.63) is 0 Å². The normalized spacial score (nSPS) is 23.8. The molecule has 1 saturated carbocycles. The average molecular weight is 200 g/mol. The molecule has 1 N–H and O–H groups in total. The van der Waals surface area contributed by atoms with Gasteiger partial charge >= 0.3 is 0 Å². The molecule has 0 saturated heterocycles. The Bertz CT molecular complexity index is 150. The van der Waals surface area contributed by atoms with Crippen LogP contribution in [-0.2, 0) is 4.74 Å². The first-order valence-corrected chi connectivity index (χ1v) is 5.87. The van der Waals surface area contributed by atoms with Crippen molar-refractivity contribution in [2.24, 2.45) is 11.8 Å². The number of methoxy groups -OCH3 is 1. The maximum absolute atomic E-state index is 10.0. The largest absolute Gasteiger partial charge is 0.390 e. The van der Waals surface area contributed by atoms with Crippen LogP contribution in [-0.4, -0.2) is 24.4 Å². The number of hydrogen-bond acceptors (Lipinski definition) is 2. The van der Waals surface area contributed by atoms with Gasteiger partial charge in [0.2, 0.25) is 0 Å². The third-order valence-electron chi connectivity index (χ3n) is 3.41. The number of aliphatic hydroxyl groups is 1. The SMILES string of the molecule is COC(C1CCCCC1)C(O)C(C)C. The minimum atomic E-state index is -0.303. The number of hydrogen-bond donors (Lipinski definition) is 1. The smallest absolute Gasteiger partial charge is 0.0860 e. The van der Waals surface area contributed by atoms with E-state index in [0.29, 0.717) is 11.8 Å². The van der Waals surface area contributed by atoms with Crippen LogP contribution < -0.4 is 0 Å². The van der Waals surface area contributed by atoms with Crippen LogP contribution in [0.4, 0.5) is 0 Å². The highest BCUT2D eigenvalue weighted by molar-refractivity contribution is 4.81. The van der Waals surface area contributed by atoms with Crippen LogP contribution in [0.2, 0.25) is 0 Å². The molecule has 2 atom stereocenters. The van der Waals surface area contributed by atoms with Crippen molar-refractivity contribution in [1.29, 1.82) is 0 Å². The van der Waals surface area contributed by atoms with Crippen molar-refractivity contribution in [2.75, 3.05) is 7.11 Å². The van der Waals surface area contributed by atoms with Crippen molar-refractivity contribution < 1.29 is 9.84 Å². The first-order chi connectivity index (χ1) is 6.66. The fraction of sp³-hybridized carbons (Fsp3) is 1.00. The van der Waals surface area contributed by atoms with Crippen LogP contribution in [0.25, 0.3) is 0 Å². The Hall–Kier alpha value is -0.0800. The molecule has 1 rings (SSSR count). The zero-order valence-corrected chi connectivity index (χ0v) is 9.70. The Labute approximate surface area is 87.7 Å². The average Bonchev–Trinajstić information content (AvgIpc) is 2.20. The fourth-order valence-electron chi connectivity index (χ4n) is 2.45. The number of ether oxygens (including phenoxy) is 1. The summed E-state index contributed by atoms with van der Waals surface area (Å²) in [6.07, 6.45) is 6.15. The van der Waals surface area contributed by atoms with E-state index in [4.69, 9.17) is 4.74 Å². The van der Waals surface area contributed by atoms with Crippen molar-refractivity contribution in [3.63, 3.8) is 0 Å². The second kappa shape index (κ2) is 5.72. The van der Waals surface area contributed by atoms with E-state index in [1.807, 2.05) is 0 Å². The van der Waals surface area contributed by atoms with Gasteiger partial charge < -0.3 is 9.84 Å². The summed E-state index contributed by atoms with van der Waals surface area (Å²) in [6, 6.07) is 0. The molecule has 0 aliphatic heterocycles. The molecule has 0 aromatic carbocycles. The van der Waals surface area contributed by atoms with Gasteiger partial charge in [-0.25, -0.2) is 0 Å². The van der Waals surface area contributed by atoms with Gasteiger partial charge in [-0.1, -0.05) is 33.1 Å². The molecule has 1 aliphatic rings. The predicted octanol–water partition coefficient (Wildman–Crippen LogP) is 2.60. The summed E-state index contributed by atoms with van der Waals surface area (Å²) in [4.78, 5) is 0. The Morgan fingerprint density at radius 1 is 1.14 bits per heavy atom. The van der Waals surface area contributed by atoms with E-state index in [9.17, 15) is 5.11 Å². The highest BCUT2D eigenvalue weighted by Gasteiger charge is 2.30. The maximum Gasteiger partial charge on any atom is 0.0860 e. The van der Waals surface area contributed by atoms with E-state index in [-0.39, 0.29) is 12.2 Å². The minimum absolute atomic E-state index is 0.0512. The molecule has 0 aromatic heterocycles. The maximum atomic E-state index is 10.0. The molecule has 0 aromatic rings. The first kappa shape index (κ1) is 12.0. The Balaban J connectivity index is 2.50. The van der Waals surface area contributed by atoms with E-state index in [2.05, 4.69) is 13.8 Å². The lowest BCUT2D eigenvalue weighted by Gasteiger charge is -2.34. The van der Waals surface area contributed by atoms with Gasteiger partial charge in [0.15, 0.2) is 0 Å². The summed E-state index contributed by atoms with van der Waals surface area (Å²) in [7, 11) is 1.73.